The number of nitrogens with zero attached hydrogens (tertiary/aromatic N) is 2. The number of hydrogen-bond acceptors (Lipinski definition) is 3. The molecule has 1 atom stereocenters. The van der Waals surface area contributed by atoms with Crippen LogP contribution in [0.4, 0.5) is 0 Å². The first-order chi connectivity index (χ1) is 12.7. The Morgan fingerprint density at radius 3 is 2.73 bits per heavy atom. The molecule has 2 aromatic rings. The van der Waals surface area contributed by atoms with Crippen molar-refractivity contribution >= 4 is 17.5 Å². The Labute approximate surface area is 158 Å². The van der Waals surface area contributed by atoms with E-state index < -0.39 is 0 Å². The van der Waals surface area contributed by atoms with Crippen molar-refractivity contribution in [3.8, 4) is 5.69 Å². The zero-order valence-electron chi connectivity index (χ0n) is 14.8. The van der Waals surface area contributed by atoms with Crippen molar-refractivity contribution in [3.63, 3.8) is 0 Å². The maximum atomic E-state index is 12.9. The Balaban J connectivity index is 1.67. The number of benzene rings is 1. The van der Waals surface area contributed by atoms with Gasteiger partial charge in [0.2, 0.25) is 0 Å². The third kappa shape index (κ3) is 3.64. The summed E-state index contributed by atoms with van der Waals surface area (Å²) in [7, 11) is 0. The van der Waals surface area contributed by atoms with E-state index in [0.29, 0.717) is 17.3 Å². The van der Waals surface area contributed by atoms with Crippen LogP contribution in [0.15, 0.2) is 24.3 Å². The van der Waals surface area contributed by atoms with Crippen LogP contribution in [0.2, 0.25) is 5.02 Å². The predicted molar refractivity (Wildman–Crippen MR) is 101 cm³/mol. The Morgan fingerprint density at radius 1 is 1.15 bits per heavy atom. The molecule has 1 unspecified atom stereocenters. The van der Waals surface area contributed by atoms with E-state index in [9.17, 15) is 4.79 Å². The van der Waals surface area contributed by atoms with Crippen LogP contribution in [0.3, 0.4) is 0 Å². The quantitative estimate of drug-likeness (QED) is 0.834. The fourth-order valence-corrected chi connectivity index (χ4v) is 3.99. The van der Waals surface area contributed by atoms with Crippen molar-refractivity contribution in [2.75, 3.05) is 13.2 Å². The highest BCUT2D eigenvalue weighted by Crippen LogP contribution is 2.27. The molecule has 1 amide bonds. The lowest BCUT2D eigenvalue weighted by molar-refractivity contribution is 0.0621. The van der Waals surface area contributed by atoms with E-state index in [0.717, 1.165) is 62.1 Å². The second kappa shape index (κ2) is 7.80. The van der Waals surface area contributed by atoms with Gasteiger partial charge in [0, 0.05) is 22.9 Å². The van der Waals surface area contributed by atoms with Crippen molar-refractivity contribution in [2.24, 2.45) is 0 Å². The fourth-order valence-electron chi connectivity index (χ4n) is 3.86. The van der Waals surface area contributed by atoms with Gasteiger partial charge in [-0.25, -0.2) is 4.68 Å². The van der Waals surface area contributed by atoms with Crippen LogP contribution >= 0.6 is 11.6 Å². The zero-order chi connectivity index (χ0) is 17.9. The largest absolute Gasteiger partial charge is 0.379 e. The van der Waals surface area contributed by atoms with E-state index in [4.69, 9.17) is 21.4 Å². The van der Waals surface area contributed by atoms with Crippen LogP contribution in [-0.4, -0.2) is 34.9 Å². The van der Waals surface area contributed by atoms with E-state index in [1.165, 1.54) is 6.42 Å². The first-order valence-electron chi connectivity index (χ1n) is 9.47. The second-order valence-corrected chi connectivity index (χ2v) is 7.55. The van der Waals surface area contributed by atoms with Crippen LogP contribution in [0, 0.1) is 0 Å². The molecule has 1 aromatic carbocycles. The van der Waals surface area contributed by atoms with E-state index >= 15 is 0 Å². The van der Waals surface area contributed by atoms with Crippen molar-refractivity contribution in [1.82, 2.24) is 15.1 Å². The van der Waals surface area contributed by atoms with Gasteiger partial charge in [0.15, 0.2) is 5.69 Å². The summed E-state index contributed by atoms with van der Waals surface area (Å²) in [6.45, 7) is 1.37. The Hall–Kier alpha value is -1.85. The average Bonchev–Trinajstić information content (AvgIpc) is 2.85. The highest BCUT2D eigenvalue weighted by Gasteiger charge is 2.26. The molecule has 0 bridgehead atoms. The van der Waals surface area contributed by atoms with Gasteiger partial charge in [-0.2, -0.15) is 5.10 Å². The normalized spacial score (nSPS) is 20.3. The maximum Gasteiger partial charge on any atom is 0.272 e. The molecule has 4 rings (SSSR count). The van der Waals surface area contributed by atoms with E-state index in [2.05, 4.69) is 5.32 Å². The first kappa shape index (κ1) is 17.6. The minimum atomic E-state index is -0.0774. The highest BCUT2D eigenvalue weighted by molar-refractivity contribution is 6.30. The zero-order valence-corrected chi connectivity index (χ0v) is 15.6. The molecule has 26 heavy (non-hydrogen) atoms. The molecule has 2 aliphatic rings. The van der Waals surface area contributed by atoms with Gasteiger partial charge in [0.25, 0.3) is 5.91 Å². The summed E-state index contributed by atoms with van der Waals surface area (Å²) in [5.74, 6) is -0.0774. The average molecular weight is 374 g/mol. The molecule has 1 aromatic heterocycles. The van der Waals surface area contributed by atoms with Crippen LogP contribution < -0.4 is 5.32 Å². The lowest BCUT2D eigenvalue weighted by Gasteiger charge is -2.22. The number of rotatable bonds is 3. The third-order valence-electron chi connectivity index (χ3n) is 5.21. The fraction of sp³-hybridized carbons (Fsp3) is 0.500. The second-order valence-electron chi connectivity index (χ2n) is 7.11. The smallest absolute Gasteiger partial charge is 0.272 e. The molecule has 0 spiro atoms. The van der Waals surface area contributed by atoms with E-state index in [1.54, 1.807) is 0 Å². The van der Waals surface area contributed by atoms with Crippen molar-refractivity contribution in [2.45, 2.75) is 51.0 Å². The molecule has 1 N–H and O–H groups in total. The van der Waals surface area contributed by atoms with Gasteiger partial charge in [-0.1, -0.05) is 18.0 Å². The third-order valence-corrected chi connectivity index (χ3v) is 5.46. The molecular formula is C20H24ClN3O2. The van der Waals surface area contributed by atoms with Gasteiger partial charge in [-0.3, -0.25) is 4.79 Å². The molecule has 2 heterocycles. The number of hydrogen-bond donors (Lipinski definition) is 1. The molecule has 138 valence electrons. The number of nitrogens with one attached hydrogen (secondary N) is 1. The predicted octanol–water partition coefficient (Wildman–Crippen LogP) is 3.70. The maximum absolute atomic E-state index is 12.9. The molecule has 0 saturated carbocycles. The molecule has 1 saturated heterocycles. The van der Waals surface area contributed by atoms with Gasteiger partial charge >= 0.3 is 0 Å². The molecule has 0 radical (unpaired) electrons. The summed E-state index contributed by atoms with van der Waals surface area (Å²) >= 11 is 6.03. The summed E-state index contributed by atoms with van der Waals surface area (Å²) in [6.07, 6.45) is 7.23. The number of fused-ring (bicyclic) bond motifs is 1. The van der Waals surface area contributed by atoms with E-state index in [-0.39, 0.29) is 11.9 Å². The topological polar surface area (TPSA) is 56.1 Å². The monoisotopic (exact) mass is 373 g/mol. The number of aromatic nitrogens is 2. The van der Waals surface area contributed by atoms with Crippen LogP contribution in [0.5, 0.6) is 0 Å². The first-order valence-corrected chi connectivity index (χ1v) is 9.85. The number of carbonyl (C=O) groups excluding carboxylic acids is 1. The summed E-state index contributed by atoms with van der Waals surface area (Å²) < 4.78 is 7.42. The Morgan fingerprint density at radius 2 is 1.96 bits per heavy atom. The SMILES string of the molecule is O=C(NC1CCCOC1)c1nn(-c2ccc(Cl)cc2)c2c1CCCCC2. The molecule has 1 aliphatic carbocycles. The molecule has 5 nitrogen and oxygen atoms in total. The van der Waals surface area contributed by atoms with Gasteiger partial charge in [0.1, 0.15) is 0 Å². The number of carbonyl (C=O) groups is 1. The van der Waals surface area contributed by atoms with Gasteiger partial charge in [-0.15, -0.1) is 0 Å². The molecule has 1 fully saturated rings. The van der Waals surface area contributed by atoms with Crippen LogP contribution in [0.1, 0.15) is 53.8 Å². The summed E-state index contributed by atoms with van der Waals surface area (Å²) in [6, 6.07) is 7.72. The summed E-state index contributed by atoms with van der Waals surface area (Å²) in [5.41, 5.74) is 3.79. The minimum absolute atomic E-state index is 0.0774. The molecule has 1 aliphatic heterocycles. The number of amides is 1. The highest BCUT2D eigenvalue weighted by atomic mass is 35.5. The van der Waals surface area contributed by atoms with Gasteiger partial charge in [-0.05, 0) is 62.8 Å². The van der Waals surface area contributed by atoms with E-state index in [1.807, 2.05) is 28.9 Å². The summed E-state index contributed by atoms with van der Waals surface area (Å²) in [4.78, 5) is 12.9. The Kier molecular flexibility index (Phi) is 5.27. The standard InChI is InChI=1S/C20H24ClN3O2/c21-14-8-10-16(11-9-14)24-18-7-3-1-2-6-17(18)19(23-24)20(25)22-15-5-4-12-26-13-15/h8-11,15H,1-7,12-13H2,(H,22,25). The Bertz CT molecular complexity index is 779. The minimum Gasteiger partial charge on any atom is -0.379 e. The van der Waals surface area contributed by atoms with Gasteiger partial charge in [0.05, 0.1) is 18.3 Å². The summed E-state index contributed by atoms with van der Waals surface area (Å²) in [5, 5.41) is 8.53. The lowest BCUT2D eigenvalue weighted by Crippen LogP contribution is -2.41. The van der Waals surface area contributed by atoms with Gasteiger partial charge < -0.3 is 10.1 Å². The van der Waals surface area contributed by atoms with Crippen molar-refractivity contribution in [1.29, 1.82) is 0 Å². The van der Waals surface area contributed by atoms with Crippen LogP contribution in [0.25, 0.3) is 5.69 Å². The van der Waals surface area contributed by atoms with Crippen molar-refractivity contribution in [3.05, 3.63) is 46.2 Å². The lowest BCUT2D eigenvalue weighted by atomic mass is 10.1. The molecular weight excluding hydrogens is 350 g/mol. The van der Waals surface area contributed by atoms with Crippen molar-refractivity contribution < 1.29 is 9.53 Å². The molecule has 6 heteroatoms. The number of halogens is 1. The van der Waals surface area contributed by atoms with Crippen LogP contribution in [-0.2, 0) is 17.6 Å². The number of ether oxygens (including phenoxy) is 1.